The first-order valence-electron chi connectivity index (χ1n) is 7.71. The Morgan fingerprint density at radius 1 is 0.708 bits per heavy atom. The first-order valence-corrected chi connectivity index (χ1v) is 8.53. The predicted octanol–water partition coefficient (Wildman–Crippen LogP) is 5.29. The average Bonchev–Trinajstić information content (AvgIpc) is 2.63. The summed E-state index contributed by atoms with van der Waals surface area (Å²) in [6, 6.07) is 21.2. The minimum atomic E-state index is -0.0686. The molecule has 3 heteroatoms. The number of ketones is 2. The molecular weight excluding hydrogens is 316 g/mol. The zero-order valence-corrected chi connectivity index (χ0v) is 13.9. The molecule has 3 aromatic carbocycles. The fraction of sp³-hybridized carbons (Fsp3) is 0.0476. The highest BCUT2D eigenvalue weighted by atomic mass is 32.2. The standard InChI is InChI=1S/C21H14O2S/c1-13-19(22)17-8-4-5-9-18(17)20(23)21(13)24-16-11-10-14-6-2-3-7-15(14)12-16/h2-12H,1H3. The van der Waals surface area contributed by atoms with Crippen molar-refractivity contribution >= 4 is 34.1 Å². The molecule has 0 atom stereocenters. The molecule has 0 radical (unpaired) electrons. The molecule has 0 aliphatic heterocycles. The second-order valence-electron chi connectivity index (χ2n) is 5.77. The fourth-order valence-electron chi connectivity index (χ4n) is 2.95. The number of allylic oxidation sites excluding steroid dienone is 2. The van der Waals surface area contributed by atoms with Gasteiger partial charge in [-0.15, -0.1) is 0 Å². The Bertz CT molecular complexity index is 1030. The molecule has 0 fully saturated rings. The van der Waals surface area contributed by atoms with Crippen molar-refractivity contribution in [3.63, 3.8) is 0 Å². The summed E-state index contributed by atoms with van der Waals surface area (Å²) in [5, 5.41) is 2.28. The molecule has 0 spiro atoms. The Kier molecular flexibility index (Phi) is 3.58. The van der Waals surface area contributed by atoms with Crippen LogP contribution in [0.5, 0.6) is 0 Å². The number of fused-ring (bicyclic) bond motifs is 2. The first-order chi connectivity index (χ1) is 11.6. The predicted molar refractivity (Wildman–Crippen MR) is 97.6 cm³/mol. The van der Waals surface area contributed by atoms with Gasteiger partial charge < -0.3 is 0 Å². The molecule has 0 N–H and O–H groups in total. The molecule has 0 saturated heterocycles. The minimum absolute atomic E-state index is 0.0616. The van der Waals surface area contributed by atoms with E-state index in [-0.39, 0.29) is 11.6 Å². The number of rotatable bonds is 2. The SMILES string of the molecule is CC1=C(Sc2ccc3ccccc3c2)C(=O)c2ccccc2C1=O. The van der Waals surface area contributed by atoms with Gasteiger partial charge in [-0.25, -0.2) is 0 Å². The summed E-state index contributed by atoms with van der Waals surface area (Å²) in [5.41, 5.74) is 1.52. The molecule has 116 valence electrons. The van der Waals surface area contributed by atoms with Gasteiger partial charge in [0.15, 0.2) is 5.78 Å². The number of carbonyl (C=O) groups is 2. The van der Waals surface area contributed by atoms with Crippen LogP contribution in [-0.2, 0) is 0 Å². The van der Waals surface area contributed by atoms with Crippen LogP contribution in [0.1, 0.15) is 27.6 Å². The van der Waals surface area contributed by atoms with Gasteiger partial charge in [0.25, 0.3) is 0 Å². The molecule has 0 aromatic heterocycles. The van der Waals surface area contributed by atoms with Crippen molar-refractivity contribution in [3.8, 4) is 0 Å². The zero-order chi connectivity index (χ0) is 16.7. The maximum absolute atomic E-state index is 12.8. The van der Waals surface area contributed by atoms with E-state index < -0.39 is 0 Å². The van der Waals surface area contributed by atoms with E-state index in [0.29, 0.717) is 21.6 Å². The van der Waals surface area contributed by atoms with E-state index in [1.54, 1.807) is 31.2 Å². The number of hydrogen-bond donors (Lipinski definition) is 0. The Morgan fingerprint density at radius 2 is 1.33 bits per heavy atom. The average molecular weight is 330 g/mol. The molecule has 4 rings (SSSR count). The normalized spacial score (nSPS) is 14.2. The van der Waals surface area contributed by atoms with Gasteiger partial charge in [-0.2, -0.15) is 0 Å². The fourth-order valence-corrected chi connectivity index (χ4v) is 3.95. The van der Waals surface area contributed by atoms with Gasteiger partial charge in [0.1, 0.15) is 0 Å². The van der Waals surface area contributed by atoms with Crippen LogP contribution in [0.3, 0.4) is 0 Å². The molecule has 1 aliphatic carbocycles. The van der Waals surface area contributed by atoms with E-state index in [1.807, 2.05) is 30.3 Å². The van der Waals surface area contributed by atoms with Crippen molar-refractivity contribution in [1.29, 1.82) is 0 Å². The molecule has 3 aromatic rings. The number of thioether (sulfide) groups is 1. The van der Waals surface area contributed by atoms with Crippen LogP contribution < -0.4 is 0 Å². The van der Waals surface area contributed by atoms with Gasteiger partial charge in [0.05, 0.1) is 4.91 Å². The highest BCUT2D eigenvalue weighted by Gasteiger charge is 2.30. The van der Waals surface area contributed by atoms with Gasteiger partial charge in [0.2, 0.25) is 5.78 Å². The summed E-state index contributed by atoms with van der Waals surface area (Å²) < 4.78 is 0. The van der Waals surface area contributed by atoms with E-state index >= 15 is 0 Å². The van der Waals surface area contributed by atoms with E-state index in [1.165, 1.54) is 11.8 Å². The van der Waals surface area contributed by atoms with Gasteiger partial charge in [-0.05, 0) is 29.8 Å². The van der Waals surface area contributed by atoms with Crippen molar-refractivity contribution in [2.75, 3.05) is 0 Å². The van der Waals surface area contributed by atoms with Crippen molar-refractivity contribution in [2.24, 2.45) is 0 Å². The van der Waals surface area contributed by atoms with E-state index in [4.69, 9.17) is 0 Å². The quantitative estimate of drug-likeness (QED) is 0.640. The summed E-state index contributed by atoms with van der Waals surface area (Å²) >= 11 is 1.37. The number of benzene rings is 3. The Balaban J connectivity index is 1.76. The van der Waals surface area contributed by atoms with E-state index in [0.717, 1.165) is 15.7 Å². The lowest BCUT2D eigenvalue weighted by Crippen LogP contribution is -2.19. The van der Waals surface area contributed by atoms with Crippen LogP contribution in [0.2, 0.25) is 0 Å². The largest absolute Gasteiger partial charge is 0.289 e. The topological polar surface area (TPSA) is 34.1 Å². The summed E-state index contributed by atoms with van der Waals surface area (Å²) in [6.45, 7) is 1.74. The number of carbonyl (C=O) groups excluding carboxylic acids is 2. The van der Waals surface area contributed by atoms with Crippen molar-refractivity contribution in [3.05, 3.63) is 88.3 Å². The minimum Gasteiger partial charge on any atom is -0.289 e. The van der Waals surface area contributed by atoms with Crippen LogP contribution in [0.25, 0.3) is 10.8 Å². The van der Waals surface area contributed by atoms with Gasteiger partial charge >= 0.3 is 0 Å². The highest BCUT2D eigenvalue weighted by Crippen LogP contribution is 2.37. The lowest BCUT2D eigenvalue weighted by atomic mass is 9.90. The summed E-state index contributed by atoms with van der Waals surface area (Å²) in [6.07, 6.45) is 0. The molecule has 0 amide bonds. The monoisotopic (exact) mass is 330 g/mol. The maximum atomic E-state index is 12.8. The molecule has 0 bridgehead atoms. The number of Topliss-reactive ketones (excluding diaryl/α,β-unsaturated/α-hetero) is 2. The highest BCUT2D eigenvalue weighted by molar-refractivity contribution is 8.04. The van der Waals surface area contributed by atoms with Crippen LogP contribution in [0, 0.1) is 0 Å². The van der Waals surface area contributed by atoms with E-state index in [2.05, 4.69) is 12.1 Å². The van der Waals surface area contributed by atoms with Crippen molar-refractivity contribution in [2.45, 2.75) is 11.8 Å². The van der Waals surface area contributed by atoms with Gasteiger partial charge in [-0.3, -0.25) is 9.59 Å². The lowest BCUT2D eigenvalue weighted by Gasteiger charge is -2.18. The van der Waals surface area contributed by atoms with Crippen LogP contribution in [0.15, 0.2) is 82.1 Å². The molecule has 0 unspecified atom stereocenters. The molecule has 0 saturated carbocycles. The molecule has 24 heavy (non-hydrogen) atoms. The Hall–Kier alpha value is -2.65. The van der Waals surface area contributed by atoms with Crippen LogP contribution in [0.4, 0.5) is 0 Å². The summed E-state index contributed by atoms with van der Waals surface area (Å²) in [7, 11) is 0. The summed E-state index contributed by atoms with van der Waals surface area (Å²) in [5.74, 6) is -0.130. The maximum Gasteiger partial charge on any atom is 0.200 e. The van der Waals surface area contributed by atoms with Crippen molar-refractivity contribution < 1.29 is 9.59 Å². The third-order valence-corrected chi connectivity index (χ3v) is 5.43. The molecular formula is C21H14O2S. The number of hydrogen-bond acceptors (Lipinski definition) is 3. The summed E-state index contributed by atoms with van der Waals surface area (Å²) in [4.78, 5) is 26.8. The molecule has 2 nitrogen and oxygen atoms in total. The molecule has 0 heterocycles. The molecule has 1 aliphatic rings. The second kappa shape index (κ2) is 5.77. The van der Waals surface area contributed by atoms with Gasteiger partial charge in [0, 0.05) is 21.6 Å². The van der Waals surface area contributed by atoms with E-state index in [9.17, 15) is 9.59 Å². The van der Waals surface area contributed by atoms with Gasteiger partial charge in [-0.1, -0.05) is 66.4 Å². The van der Waals surface area contributed by atoms with Crippen LogP contribution in [-0.4, -0.2) is 11.6 Å². The Morgan fingerprint density at radius 3 is 2.08 bits per heavy atom. The zero-order valence-electron chi connectivity index (χ0n) is 13.1. The second-order valence-corrected chi connectivity index (χ2v) is 6.85. The smallest absolute Gasteiger partial charge is 0.200 e. The first kappa shape index (κ1) is 14.9. The third-order valence-electron chi connectivity index (χ3n) is 4.24. The third kappa shape index (κ3) is 2.38. The Labute approximate surface area is 144 Å². The lowest BCUT2D eigenvalue weighted by molar-refractivity contribution is 0.0981. The van der Waals surface area contributed by atoms with Crippen LogP contribution >= 0.6 is 11.8 Å². The van der Waals surface area contributed by atoms with Crippen molar-refractivity contribution in [1.82, 2.24) is 0 Å².